The molecule has 1 heterocycles. The highest BCUT2D eigenvalue weighted by atomic mass is 79.9. The van der Waals surface area contributed by atoms with Gasteiger partial charge in [0.2, 0.25) is 5.95 Å². The zero-order valence-corrected chi connectivity index (χ0v) is 17.0. The summed E-state index contributed by atoms with van der Waals surface area (Å²) in [7, 11) is 1.55. The molecule has 1 aromatic heterocycles. The number of aryl methyl sites for hydroxylation is 1. The fraction of sp³-hybridized carbons (Fsp3) is 0.471. The maximum absolute atomic E-state index is 14.6. The molecule has 9 nitrogen and oxygen atoms in total. The fourth-order valence-corrected chi connectivity index (χ4v) is 3.77. The van der Waals surface area contributed by atoms with Gasteiger partial charge in [0.15, 0.2) is 0 Å². The predicted octanol–water partition coefficient (Wildman–Crippen LogP) is 2.83. The van der Waals surface area contributed by atoms with E-state index in [-0.39, 0.29) is 29.6 Å². The van der Waals surface area contributed by atoms with Crippen LogP contribution in [0.5, 0.6) is 0 Å². The second-order valence-corrected chi connectivity index (χ2v) is 7.95. The monoisotopic (exact) mass is 451 g/mol. The average molecular weight is 452 g/mol. The lowest BCUT2D eigenvalue weighted by Gasteiger charge is -2.24. The number of anilines is 2. The molecule has 2 aromatic rings. The largest absolute Gasteiger partial charge is 0.322 e. The first-order valence-electron chi connectivity index (χ1n) is 8.98. The second-order valence-electron chi connectivity index (χ2n) is 7.10. The van der Waals surface area contributed by atoms with E-state index in [0.29, 0.717) is 15.7 Å². The highest BCUT2D eigenvalue weighted by Crippen LogP contribution is 2.39. The van der Waals surface area contributed by atoms with Crippen molar-refractivity contribution >= 4 is 39.5 Å². The number of urea groups is 1. The van der Waals surface area contributed by atoms with Gasteiger partial charge in [-0.2, -0.15) is 0 Å². The van der Waals surface area contributed by atoms with Crippen LogP contribution in [0.2, 0.25) is 0 Å². The van der Waals surface area contributed by atoms with Crippen molar-refractivity contribution in [3.8, 4) is 0 Å². The molecule has 2 saturated carbocycles. The number of nitrogens with one attached hydrogen (secondary N) is 2. The number of nitrogens with zero attached hydrogens (tertiary/aromatic N) is 5. The van der Waals surface area contributed by atoms with Crippen molar-refractivity contribution in [3.05, 3.63) is 27.5 Å². The number of aromatic nitrogens is 4. The summed E-state index contributed by atoms with van der Waals surface area (Å²) < 4.78 is 16.2. The van der Waals surface area contributed by atoms with Crippen LogP contribution in [0.4, 0.5) is 20.8 Å². The molecule has 0 atom stereocenters. The van der Waals surface area contributed by atoms with Crippen molar-refractivity contribution in [2.24, 2.45) is 7.05 Å². The van der Waals surface area contributed by atoms with Crippen LogP contribution in [0.1, 0.15) is 41.6 Å². The van der Waals surface area contributed by atoms with E-state index in [1.807, 2.05) is 4.90 Å². The van der Waals surface area contributed by atoms with Crippen LogP contribution in [0.25, 0.3) is 0 Å². The van der Waals surface area contributed by atoms with Gasteiger partial charge in [-0.05, 0) is 70.6 Å². The normalized spacial score (nSPS) is 16.0. The molecule has 4 rings (SSSR count). The van der Waals surface area contributed by atoms with Crippen LogP contribution in [-0.4, -0.2) is 49.1 Å². The molecule has 1 aromatic carbocycles. The Labute approximate surface area is 168 Å². The summed E-state index contributed by atoms with van der Waals surface area (Å²) in [6, 6.07) is 1.51. The average Bonchev–Trinajstić information content (AvgIpc) is 3.55. The third kappa shape index (κ3) is 3.58. The number of carbonyl (C=O) groups is 2. The molecule has 0 radical (unpaired) electrons. The molecular formula is C17H19BrFN7O2. The van der Waals surface area contributed by atoms with Crippen molar-refractivity contribution in [1.29, 1.82) is 0 Å². The summed E-state index contributed by atoms with van der Waals surface area (Å²) in [5, 5.41) is 16.1. The van der Waals surface area contributed by atoms with Crippen molar-refractivity contribution < 1.29 is 14.0 Å². The molecule has 148 valence electrons. The minimum absolute atomic E-state index is 0.0888. The number of carbonyl (C=O) groups excluding carboxylic acids is 2. The Hall–Kier alpha value is -2.56. The van der Waals surface area contributed by atoms with Crippen LogP contribution in [-0.2, 0) is 7.05 Å². The van der Waals surface area contributed by atoms with Crippen LogP contribution >= 0.6 is 15.9 Å². The summed E-state index contributed by atoms with van der Waals surface area (Å²) >= 11 is 3.30. The lowest BCUT2D eigenvalue weighted by Crippen LogP contribution is -2.38. The van der Waals surface area contributed by atoms with Crippen molar-refractivity contribution in [2.75, 3.05) is 10.6 Å². The Kier molecular flexibility index (Phi) is 4.77. The molecule has 2 N–H and O–H groups in total. The Balaban J connectivity index is 1.61. The zero-order valence-electron chi connectivity index (χ0n) is 15.4. The number of hydrogen-bond acceptors (Lipinski definition) is 5. The van der Waals surface area contributed by atoms with Gasteiger partial charge in [0.25, 0.3) is 5.91 Å². The summed E-state index contributed by atoms with van der Waals surface area (Å²) in [6.45, 7) is 1.59. The van der Waals surface area contributed by atoms with E-state index in [4.69, 9.17) is 0 Å². The number of rotatable bonds is 5. The molecule has 0 bridgehead atoms. The molecule has 3 amide bonds. The van der Waals surface area contributed by atoms with Crippen LogP contribution in [0.3, 0.4) is 0 Å². The van der Waals surface area contributed by atoms with E-state index in [2.05, 4.69) is 42.1 Å². The van der Waals surface area contributed by atoms with E-state index >= 15 is 0 Å². The number of tetrazole rings is 1. The summed E-state index contributed by atoms with van der Waals surface area (Å²) in [6.07, 6.45) is 4.03. The quantitative estimate of drug-likeness (QED) is 0.726. The van der Waals surface area contributed by atoms with Crippen molar-refractivity contribution in [3.63, 3.8) is 0 Å². The number of halogens is 2. The van der Waals surface area contributed by atoms with E-state index in [1.54, 1.807) is 14.0 Å². The third-order valence-electron chi connectivity index (χ3n) is 4.90. The van der Waals surface area contributed by atoms with Gasteiger partial charge < -0.3 is 10.2 Å². The van der Waals surface area contributed by atoms with Gasteiger partial charge in [-0.15, -0.1) is 0 Å². The van der Waals surface area contributed by atoms with Gasteiger partial charge in [-0.25, -0.2) is 13.9 Å². The minimum Gasteiger partial charge on any atom is -0.319 e. The molecule has 11 heteroatoms. The molecular weight excluding hydrogens is 433 g/mol. The summed E-state index contributed by atoms with van der Waals surface area (Å²) in [5.41, 5.74) is 0.518. The van der Waals surface area contributed by atoms with Crippen LogP contribution < -0.4 is 10.6 Å². The number of amides is 3. The molecule has 2 fully saturated rings. The van der Waals surface area contributed by atoms with Crippen molar-refractivity contribution in [2.45, 2.75) is 44.7 Å². The lowest BCUT2D eigenvalue weighted by molar-refractivity contribution is 0.102. The Morgan fingerprint density at radius 3 is 2.43 bits per heavy atom. The maximum Gasteiger partial charge on any atom is 0.322 e. The van der Waals surface area contributed by atoms with Gasteiger partial charge in [0.1, 0.15) is 5.82 Å². The summed E-state index contributed by atoms with van der Waals surface area (Å²) in [4.78, 5) is 27.3. The van der Waals surface area contributed by atoms with E-state index in [9.17, 15) is 14.0 Å². The van der Waals surface area contributed by atoms with Crippen molar-refractivity contribution in [1.82, 2.24) is 25.1 Å². The van der Waals surface area contributed by atoms with E-state index < -0.39 is 11.7 Å². The highest BCUT2D eigenvalue weighted by Gasteiger charge is 2.42. The predicted molar refractivity (Wildman–Crippen MR) is 102 cm³/mol. The fourth-order valence-electron chi connectivity index (χ4n) is 3.18. The Bertz CT molecular complexity index is 943. The first-order valence-corrected chi connectivity index (χ1v) is 9.77. The van der Waals surface area contributed by atoms with Gasteiger partial charge >= 0.3 is 6.03 Å². The molecule has 0 spiro atoms. The molecule has 0 unspecified atom stereocenters. The summed E-state index contributed by atoms with van der Waals surface area (Å²) in [5.74, 6) is -1.32. The number of hydrogen-bond donors (Lipinski definition) is 2. The number of benzene rings is 1. The molecule has 2 aliphatic carbocycles. The van der Waals surface area contributed by atoms with Gasteiger partial charge in [0, 0.05) is 23.6 Å². The van der Waals surface area contributed by atoms with E-state index in [0.717, 1.165) is 25.7 Å². The highest BCUT2D eigenvalue weighted by molar-refractivity contribution is 9.10. The molecule has 2 aliphatic rings. The van der Waals surface area contributed by atoms with Crippen LogP contribution in [0.15, 0.2) is 10.5 Å². The molecule has 0 aliphatic heterocycles. The standard InChI is InChI=1S/C17H19BrFN7O2/c1-8-13(15(27)21-16-22-23-24-25(16)2)12(19)7-11(18)14(8)20-17(28)26(9-3-4-9)10-5-6-10/h7,9-10H,3-6H2,1-2H3,(H,20,28)(H,21,22,24,27). The topological polar surface area (TPSA) is 105 Å². The van der Waals surface area contributed by atoms with Gasteiger partial charge in [-0.3, -0.25) is 10.1 Å². The maximum atomic E-state index is 14.6. The van der Waals surface area contributed by atoms with E-state index in [1.165, 1.54) is 10.7 Å². The minimum atomic E-state index is -0.712. The first kappa shape index (κ1) is 18.8. The second kappa shape index (κ2) is 7.12. The molecule has 28 heavy (non-hydrogen) atoms. The molecule has 0 saturated heterocycles. The first-order chi connectivity index (χ1) is 13.4. The lowest BCUT2D eigenvalue weighted by atomic mass is 10.0. The smallest absolute Gasteiger partial charge is 0.319 e. The Morgan fingerprint density at radius 1 is 1.25 bits per heavy atom. The zero-order chi connectivity index (χ0) is 20.0. The SMILES string of the molecule is Cc1c(NC(=O)N(C2CC2)C2CC2)c(Br)cc(F)c1C(=O)Nc1nnnn1C. The van der Waals surface area contributed by atoms with Gasteiger partial charge in [0.05, 0.1) is 11.3 Å². The van der Waals surface area contributed by atoms with Gasteiger partial charge in [-0.1, -0.05) is 5.10 Å². The Morgan fingerprint density at radius 2 is 1.89 bits per heavy atom. The third-order valence-corrected chi connectivity index (χ3v) is 5.53. The van der Waals surface area contributed by atoms with Crippen LogP contribution in [0, 0.1) is 12.7 Å².